The molecule has 0 aromatic heterocycles. The molecule has 0 amide bonds. The van der Waals surface area contributed by atoms with Crippen molar-refractivity contribution in [1.29, 1.82) is 0 Å². The summed E-state index contributed by atoms with van der Waals surface area (Å²) in [4.78, 5) is 0. The third-order valence-corrected chi connectivity index (χ3v) is 3.86. The summed E-state index contributed by atoms with van der Waals surface area (Å²) in [5.74, 6) is 2.91. The van der Waals surface area contributed by atoms with Crippen molar-refractivity contribution >= 4 is 11.4 Å². The molecule has 2 unspecified atom stereocenters. The van der Waals surface area contributed by atoms with Crippen LogP contribution in [0.25, 0.3) is 11.1 Å². The van der Waals surface area contributed by atoms with Crippen LogP contribution in [0.4, 0.5) is 0 Å². The second-order valence-corrected chi connectivity index (χ2v) is 5.80. The molecule has 0 heterocycles. The van der Waals surface area contributed by atoms with E-state index in [0.29, 0.717) is 12.2 Å². The summed E-state index contributed by atoms with van der Waals surface area (Å²) >= 11 is -1.94. The molecule has 0 saturated carbocycles. The third kappa shape index (κ3) is 5.50. The Balaban J connectivity index is 2.15. The van der Waals surface area contributed by atoms with Crippen LogP contribution in [0.5, 0.6) is 5.75 Å². The number of rotatable bonds is 9. The Bertz CT molecular complexity index is 694. The normalized spacial score (nSPS) is 13.0. The highest BCUT2D eigenvalue weighted by atomic mass is 32.2. The van der Waals surface area contributed by atoms with Gasteiger partial charge >= 0.3 is 11.4 Å². The molecule has 0 saturated heterocycles. The zero-order chi connectivity index (χ0) is 17.2. The minimum atomic E-state index is -1.94. The molecule has 24 heavy (non-hydrogen) atoms. The first kappa shape index (κ1) is 18.2. The van der Waals surface area contributed by atoms with Gasteiger partial charge in [0, 0.05) is 12.0 Å². The van der Waals surface area contributed by atoms with Gasteiger partial charge in [0.1, 0.15) is 12.4 Å². The van der Waals surface area contributed by atoms with E-state index in [4.69, 9.17) is 19.5 Å². The molecule has 4 nitrogen and oxygen atoms in total. The molecule has 2 aromatic rings. The maximum absolute atomic E-state index is 11.7. The summed E-state index contributed by atoms with van der Waals surface area (Å²) < 4.78 is 27.8. The molecule has 0 radical (unpaired) electrons. The van der Waals surface area contributed by atoms with E-state index < -0.39 is 17.7 Å². The van der Waals surface area contributed by atoms with Crippen molar-refractivity contribution in [3.63, 3.8) is 0 Å². The predicted molar refractivity (Wildman–Crippen MR) is 95.2 cm³/mol. The van der Waals surface area contributed by atoms with E-state index in [-0.39, 0.29) is 6.61 Å². The second-order valence-electron chi connectivity index (χ2n) is 4.96. The number of ether oxygens (including phenoxy) is 1. The average molecular weight is 344 g/mol. The Morgan fingerprint density at radius 1 is 1.12 bits per heavy atom. The van der Waals surface area contributed by atoms with Gasteiger partial charge in [-0.3, -0.25) is 4.18 Å². The smallest absolute Gasteiger partial charge is 0.309 e. The largest absolute Gasteiger partial charge is 0.463 e. The first-order valence-corrected chi connectivity index (χ1v) is 8.71. The van der Waals surface area contributed by atoms with Gasteiger partial charge in [-0.2, -0.15) is 4.21 Å². The molecule has 2 atom stereocenters. The van der Waals surface area contributed by atoms with E-state index >= 15 is 0 Å². The summed E-state index contributed by atoms with van der Waals surface area (Å²) in [7, 11) is 0. The highest BCUT2D eigenvalue weighted by Crippen LogP contribution is 2.31. The number of benzene rings is 2. The van der Waals surface area contributed by atoms with Gasteiger partial charge in [0.2, 0.25) is 6.29 Å². The van der Waals surface area contributed by atoms with E-state index in [0.717, 1.165) is 17.5 Å². The summed E-state index contributed by atoms with van der Waals surface area (Å²) in [6.07, 6.45) is 5.78. The van der Waals surface area contributed by atoms with Crippen molar-refractivity contribution in [3.8, 4) is 29.2 Å². The average Bonchev–Trinajstić information content (AvgIpc) is 2.61. The van der Waals surface area contributed by atoms with Crippen LogP contribution in [0.2, 0.25) is 0 Å². The molecule has 0 fully saturated rings. The molecule has 126 valence electrons. The monoisotopic (exact) mass is 344 g/mol. The maximum Gasteiger partial charge on any atom is 0.309 e. The van der Waals surface area contributed by atoms with Crippen LogP contribution in [0.1, 0.15) is 19.8 Å². The fourth-order valence-electron chi connectivity index (χ4n) is 2.13. The van der Waals surface area contributed by atoms with Gasteiger partial charge in [0.15, 0.2) is 0 Å². The fourth-order valence-corrected chi connectivity index (χ4v) is 2.66. The fraction of sp³-hybridized carbons (Fsp3) is 0.263. The SMILES string of the molecule is C#CCOS(=O)OC(CCC)Oc1ccccc1-c1ccccc1. The minimum absolute atomic E-state index is 0.0773. The zero-order valence-electron chi connectivity index (χ0n) is 13.5. The van der Waals surface area contributed by atoms with Gasteiger partial charge in [-0.25, -0.2) is 4.18 Å². The quantitative estimate of drug-likeness (QED) is 0.507. The minimum Gasteiger partial charge on any atom is -0.463 e. The molecule has 2 aromatic carbocycles. The van der Waals surface area contributed by atoms with E-state index in [9.17, 15) is 4.21 Å². The van der Waals surface area contributed by atoms with Crippen LogP contribution in [-0.4, -0.2) is 17.1 Å². The van der Waals surface area contributed by atoms with Gasteiger partial charge in [-0.15, -0.1) is 6.42 Å². The van der Waals surface area contributed by atoms with Crippen molar-refractivity contribution in [1.82, 2.24) is 0 Å². The topological polar surface area (TPSA) is 44.8 Å². The Morgan fingerprint density at radius 2 is 1.83 bits per heavy atom. The highest BCUT2D eigenvalue weighted by molar-refractivity contribution is 7.75. The molecule has 0 bridgehead atoms. The molecule has 0 N–H and O–H groups in total. The van der Waals surface area contributed by atoms with Crippen LogP contribution < -0.4 is 4.74 Å². The summed E-state index contributed by atoms with van der Waals surface area (Å²) in [6.45, 7) is 1.92. The highest BCUT2D eigenvalue weighted by Gasteiger charge is 2.17. The summed E-state index contributed by atoms with van der Waals surface area (Å²) in [5.41, 5.74) is 1.98. The lowest BCUT2D eigenvalue weighted by molar-refractivity contribution is 0.00105. The Hall–Kier alpha value is -2.13. The zero-order valence-corrected chi connectivity index (χ0v) is 14.3. The van der Waals surface area contributed by atoms with Crippen molar-refractivity contribution in [2.24, 2.45) is 0 Å². The maximum atomic E-state index is 11.7. The van der Waals surface area contributed by atoms with E-state index in [2.05, 4.69) is 5.92 Å². The first-order chi connectivity index (χ1) is 11.7. The van der Waals surface area contributed by atoms with Crippen molar-refractivity contribution in [3.05, 3.63) is 54.6 Å². The molecule has 5 heteroatoms. The van der Waals surface area contributed by atoms with E-state index in [1.165, 1.54) is 0 Å². The standard InChI is InChI=1S/C19H20O4S/c1-3-10-19(23-24(20)21-15-4-2)22-18-14-9-8-13-17(18)16-11-6-5-7-12-16/h2,5-9,11-14,19H,3,10,15H2,1H3. The number of hydrogen-bond acceptors (Lipinski definition) is 4. The lowest BCUT2D eigenvalue weighted by atomic mass is 10.1. The molecule has 0 aliphatic carbocycles. The van der Waals surface area contributed by atoms with Crippen LogP contribution in [0, 0.1) is 12.3 Å². The van der Waals surface area contributed by atoms with Crippen LogP contribution >= 0.6 is 0 Å². The summed E-state index contributed by atoms with van der Waals surface area (Å²) in [6, 6.07) is 17.6. The van der Waals surface area contributed by atoms with Crippen LogP contribution in [-0.2, 0) is 19.7 Å². The van der Waals surface area contributed by atoms with E-state index in [1.807, 2.05) is 61.5 Å². The van der Waals surface area contributed by atoms with Gasteiger partial charge in [-0.05, 0) is 11.6 Å². The molecule has 2 rings (SSSR count). The number of terminal acetylenes is 1. The van der Waals surface area contributed by atoms with Gasteiger partial charge in [0.05, 0.1) is 0 Å². The Labute approximate surface area is 145 Å². The van der Waals surface area contributed by atoms with E-state index in [1.54, 1.807) is 0 Å². The molecule has 0 spiro atoms. The molecule has 0 aliphatic heterocycles. The third-order valence-electron chi connectivity index (χ3n) is 3.18. The van der Waals surface area contributed by atoms with Crippen LogP contribution in [0.3, 0.4) is 0 Å². The van der Waals surface area contributed by atoms with Gasteiger partial charge < -0.3 is 4.74 Å². The summed E-state index contributed by atoms with van der Waals surface area (Å²) in [5, 5.41) is 0. The number of hydrogen-bond donors (Lipinski definition) is 0. The molecular weight excluding hydrogens is 324 g/mol. The second kappa shape index (κ2) is 9.89. The van der Waals surface area contributed by atoms with Crippen molar-refractivity contribution in [2.75, 3.05) is 6.61 Å². The van der Waals surface area contributed by atoms with Crippen molar-refractivity contribution < 1.29 is 17.3 Å². The molecular formula is C19H20O4S. The molecule has 0 aliphatic rings. The first-order valence-electron chi connectivity index (χ1n) is 7.71. The Kier molecular flexibility index (Phi) is 7.50. The predicted octanol–water partition coefficient (Wildman–Crippen LogP) is 4.10. The van der Waals surface area contributed by atoms with Gasteiger partial charge in [0.25, 0.3) is 0 Å². The lowest BCUT2D eigenvalue weighted by Gasteiger charge is -2.19. The Morgan fingerprint density at radius 3 is 2.54 bits per heavy atom. The van der Waals surface area contributed by atoms with Crippen LogP contribution in [0.15, 0.2) is 54.6 Å². The van der Waals surface area contributed by atoms with Gasteiger partial charge in [-0.1, -0.05) is 67.8 Å². The number of para-hydroxylation sites is 1. The van der Waals surface area contributed by atoms with Crippen molar-refractivity contribution in [2.45, 2.75) is 26.1 Å². The lowest BCUT2D eigenvalue weighted by Crippen LogP contribution is -2.23.